The number of pyridine rings is 1. The number of halogens is 1. The van der Waals surface area contributed by atoms with Crippen LogP contribution in [0.15, 0.2) is 47.7 Å². The van der Waals surface area contributed by atoms with E-state index >= 15 is 0 Å². The van der Waals surface area contributed by atoms with Crippen LogP contribution in [0.3, 0.4) is 0 Å². The third-order valence-corrected chi connectivity index (χ3v) is 6.46. The Hall–Kier alpha value is -3.68. The van der Waals surface area contributed by atoms with Gasteiger partial charge >= 0.3 is 0 Å². The number of hydrogen-bond acceptors (Lipinski definition) is 6. The Morgan fingerprint density at radius 1 is 1.24 bits per heavy atom. The summed E-state index contributed by atoms with van der Waals surface area (Å²) in [5.41, 5.74) is 17.9. The van der Waals surface area contributed by atoms with Gasteiger partial charge in [-0.05, 0) is 56.3 Å². The van der Waals surface area contributed by atoms with Crippen LogP contribution in [0.5, 0.6) is 5.75 Å². The van der Waals surface area contributed by atoms with Gasteiger partial charge in [0.15, 0.2) is 11.6 Å². The number of nitrogen functional groups attached to an aromatic ring is 1. The molecule has 3 aromatic rings. The Morgan fingerprint density at radius 2 is 2.06 bits per heavy atom. The molecule has 2 aliphatic rings. The Labute approximate surface area is 192 Å². The highest BCUT2D eigenvalue weighted by Gasteiger charge is 2.30. The highest BCUT2D eigenvalue weighted by molar-refractivity contribution is 5.99. The molecule has 0 saturated heterocycles. The van der Waals surface area contributed by atoms with Gasteiger partial charge < -0.3 is 16.2 Å². The molecule has 1 saturated carbocycles. The molecule has 33 heavy (non-hydrogen) atoms. The molecule has 0 spiro atoms. The second kappa shape index (κ2) is 8.35. The van der Waals surface area contributed by atoms with E-state index in [0.717, 1.165) is 35.4 Å². The third-order valence-electron chi connectivity index (χ3n) is 6.46. The van der Waals surface area contributed by atoms with Crippen molar-refractivity contribution in [1.82, 2.24) is 14.8 Å². The second-order valence-electron chi connectivity index (χ2n) is 8.67. The molecule has 0 unspecified atom stereocenters. The van der Waals surface area contributed by atoms with E-state index in [9.17, 15) is 4.39 Å². The molecule has 1 aliphatic heterocycles. The van der Waals surface area contributed by atoms with Gasteiger partial charge in [-0.1, -0.05) is 6.42 Å². The van der Waals surface area contributed by atoms with Crippen molar-refractivity contribution in [3.8, 4) is 16.9 Å². The topological polar surface area (TPSA) is 104 Å². The van der Waals surface area contributed by atoms with Gasteiger partial charge in [0.25, 0.3) is 0 Å². The van der Waals surface area contributed by atoms with Crippen LogP contribution in [-0.2, 0) is 13.5 Å². The van der Waals surface area contributed by atoms with Crippen LogP contribution < -0.4 is 16.2 Å². The number of anilines is 1. The van der Waals surface area contributed by atoms with Crippen molar-refractivity contribution in [2.45, 2.75) is 44.6 Å². The van der Waals surface area contributed by atoms with E-state index < -0.39 is 6.10 Å². The minimum atomic E-state index is -0.499. The summed E-state index contributed by atoms with van der Waals surface area (Å²) in [6, 6.07) is 6.39. The number of nitrogens with zero attached hydrogens (tertiary/aromatic N) is 4. The molecule has 1 fully saturated rings. The lowest BCUT2D eigenvalue weighted by Crippen LogP contribution is -2.14. The summed E-state index contributed by atoms with van der Waals surface area (Å²) in [7, 11) is 1.98. The predicted octanol–water partition coefficient (Wildman–Crippen LogP) is 4.71. The van der Waals surface area contributed by atoms with E-state index in [0.29, 0.717) is 29.3 Å². The molecule has 2 aromatic heterocycles. The lowest BCUT2D eigenvalue weighted by Gasteiger charge is -2.27. The fourth-order valence-corrected chi connectivity index (χ4v) is 4.65. The average molecular weight is 447 g/mol. The summed E-state index contributed by atoms with van der Waals surface area (Å²) in [6.45, 7) is 1.85. The SMILES string of the molecule is C[C@H]1Oc2cc(cnc2N)-c2c(nn(C)c2C2CCC2)CC(C=CN)=Nc2ccc(F)cc21. The number of rotatable bonds is 2. The summed E-state index contributed by atoms with van der Waals surface area (Å²) in [6.07, 6.45) is 8.45. The number of hydrogen-bond donors (Lipinski definition) is 2. The van der Waals surface area contributed by atoms with Crippen LogP contribution >= 0.6 is 0 Å². The minimum absolute atomic E-state index is 0.284. The van der Waals surface area contributed by atoms with E-state index in [-0.39, 0.29) is 11.6 Å². The molecule has 0 amide bonds. The monoisotopic (exact) mass is 446 g/mol. The molecule has 8 heteroatoms. The maximum atomic E-state index is 14.1. The van der Waals surface area contributed by atoms with Gasteiger partial charge in [0.2, 0.25) is 0 Å². The van der Waals surface area contributed by atoms with Gasteiger partial charge in [-0.2, -0.15) is 5.10 Å². The Bertz CT molecular complexity index is 1270. The number of nitrogens with two attached hydrogens (primary N) is 2. The first-order valence-electron chi connectivity index (χ1n) is 11.2. The molecule has 5 rings (SSSR count). The molecule has 4 N–H and O–H groups in total. The van der Waals surface area contributed by atoms with Crippen LogP contribution in [0.25, 0.3) is 11.1 Å². The lowest BCUT2D eigenvalue weighted by molar-refractivity contribution is 0.228. The highest BCUT2D eigenvalue weighted by Crippen LogP contribution is 2.44. The summed E-state index contributed by atoms with van der Waals surface area (Å²) in [5, 5.41) is 4.88. The van der Waals surface area contributed by atoms with E-state index in [2.05, 4.69) is 4.98 Å². The first-order valence-corrected chi connectivity index (χ1v) is 11.2. The van der Waals surface area contributed by atoms with Gasteiger partial charge in [-0.15, -0.1) is 0 Å². The van der Waals surface area contributed by atoms with Crippen LogP contribution in [0.1, 0.15) is 55.2 Å². The van der Waals surface area contributed by atoms with Gasteiger partial charge in [0, 0.05) is 53.7 Å². The minimum Gasteiger partial charge on any atom is -0.482 e. The van der Waals surface area contributed by atoms with Crippen molar-refractivity contribution >= 4 is 17.2 Å². The lowest BCUT2D eigenvalue weighted by atomic mass is 9.80. The zero-order chi connectivity index (χ0) is 23.1. The highest BCUT2D eigenvalue weighted by atomic mass is 19.1. The first kappa shape index (κ1) is 21.2. The zero-order valence-corrected chi connectivity index (χ0v) is 18.8. The maximum absolute atomic E-state index is 14.1. The summed E-state index contributed by atoms with van der Waals surface area (Å²) < 4.78 is 22.3. The zero-order valence-electron chi connectivity index (χ0n) is 18.8. The molecule has 1 aromatic carbocycles. The number of aliphatic imine (C=N–C) groups is 1. The Morgan fingerprint density at radius 3 is 2.79 bits per heavy atom. The van der Waals surface area contributed by atoms with Gasteiger partial charge in [0.1, 0.15) is 11.9 Å². The summed E-state index contributed by atoms with van der Waals surface area (Å²) in [5.74, 6) is 0.830. The van der Waals surface area contributed by atoms with E-state index in [1.807, 2.05) is 24.7 Å². The van der Waals surface area contributed by atoms with Gasteiger partial charge in [-0.25, -0.2) is 9.37 Å². The molecule has 3 heterocycles. The van der Waals surface area contributed by atoms with Gasteiger partial charge in [-0.3, -0.25) is 9.67 Å². The fraction of sp³-hybridized carbons (Fsp3) is 0.320. The number of ether oxygens (including phenoxy) is 1. The van der Waals surface area contributed by atoms with E-state index in [1.165, 1.54) is 30.4 Å². The van der Waals surface area contributed by atoms with E-state index in [1.54, 1.807) is 18.3 Å². The molecular formula is C25H27FN6O. The fourth-order valence-electron chi connectivity index (χ4n) is 4.65. The van der Waals surface area contributed by atoms with Crippen LogP contribution in [0.2, 0.25) is 0 Å². The molecule has 0 radical (unpaired) electrons. The first-order chi connectivity index (χ1) is 15.9. The second-order valence-corrected chi connectivity index (χ2v) is 8.67. The molecule has 2 bridgehead atoms. The number of allylic oxidation sites excluding steroid dienone is 1. The average Bonchev–Trinajstić information content (AvgIpc) is 3.04. The Balaban J connectivity index is 1.77. The molecule has 1 aliphatic carbocycles. The molecule has 1 atom stereocenters. The molecular weight excluding hydrogens is 419 g/mol. The smallest absolute Gasteiger partial charge is 0.166 e. The molecule has 170 valence electrons. The van der Waals surface area contributed by atoms with E-state index in [4.69, 9.17) is 26.3 Å². The van der Waals surface area contributed by atoms with Gasteiger partial charge in [0.05, 0.1) is 11.4 Å². The van der Waals surface area contributed by atoms with Crippen molar-refractivity contribution < 1.29 is 9.13 Å². The van der Waals surface area contributed by atoms with Crippen molar-refractivity contribution in [3.05, 3.63) is 65.5 Å². The molecule has 7 nitrogen and oxygen atoms in total. The van der Waals surface area contributed by atoms with Crippen molar-refractivity contribution in [3.63, 3.8) is 0 Å². The quantitative estimate of drug-likeness (QED) is 0.593. The Kier molecular flexibility index (Phi) is 5.36. The maximum Gasteiger partial charge on any atom is 0.166 e. The van der Waals surface area contributed by atoms with Crippen LogP contribution in [0, 0.1) is 5.82 Å². The summed E-state index contributed by atoms with van der Waals surface area (Å²) >= 11 is 0. The van der Waals surface area contributed by atoms with Crippen LogP contribution in [0.4, 0.5) is 15.9 Å². The van der Waals surface area contributed by atoms with Crippen molar-refractivity contribution in [2.75, 3.05) is 5.73 Å². The van der Waals surface area contributed by atoms with Crippen molar-refractivity contribution in [2.24, 2.45) is 17.8 Å². The number of aryl methyl sites for hydroxylation is 1. The van der Waals surface area contributed by atoms with Crippen LogP contribution in [-0.4, -0.2) is 20.5 Å². The summed E-state index contributed by atoms with van der Waals surface area (Å²) in [4.78, 5) is 9.26. The number of aromatic nitrogens is 3. The third kappa shape index (κ3) is 3.86. The standard InChI is InChI=1S/C25H27FN6O/c1-14-19-11-17(26)6-7-20(19)30-18(8-9-27)12-21-23(16-10-22(33-14)25(28)29-13-16)24(32(2)31-21)15-4-3-5-15/h6-11,13-15H,3-5,12,27H2,1-2H3,(H2,28,29)/t14-/m1/s1. The largest absolute Gasteiger partial charge is 0.482 e. The van der Waals surface area contributed by atoms with Crippen molar-refractivity contribution in [1.29, 1.82) is 0 Å². The number of fused-ring (bicyclic) bond motifs is 5. The number of benzene rings is 1. The normalized spacial score (nSPS) is 18.4. The predicted molar refractivity (Wildman–Crippen MR) is 127 cm³/mol.